The van der Waals surface area contributed by atoms with Gasteiger partial charge in [-0.3, -0.25) is 9.36 Å². The van der Waals surface area contributed by atoms with Gasteiger partial charge < -0.3 is 10.1 Å². The minimum absolute atomic E-state index is 0.203. The van der Waals surface area contributed by atoms with Crippen LogP contribution >= 0.6 is 23.1 Å². The van der Waals surface area contributed by atoms with E-state index < -0.39 is 24.0 Å². The van der Waals surface area contributed by atoms with Crippen LogP contribution in [0, 0.1) is 22.3 Å². The average molecular weight is 367 g/mol. The summed E-state index contributed by atoms with van der Waals surface area (Å²) < 4.78 is 7.31. The van der Waals surface area contributed by atoms with Gasteiger partial charge in [-0.2, -0.15) is 5.53 Å². The van der Waals surface area contributed by atoms with Crippen molar-refractivity contribution in [2.24, 2.45) is 15.4 Å². The predicted molar refractivity (Wildman–Crippen MR) is 91.3 cm³/mol. The molecular formula is C12H13N7O3S2. The minimum atomic E-state index is -0.777. The summed E-state index contributed by atoms with van der Waals surface area (Å²) in [5.41, 5.74) is 8.78. The minimum Gasteiger partial charge on any atom is -0.340 e. The molecule has 2 unspecified atom stereocenters. The van der Waals surface area contributed by atoms with E-state index in [-0.39, 0.29) is 4.87 Å². The zero-order valence-corrected chi connectivity index (χ0v) is 14.1. The molecule has 2 aliphatic heterocycles. The van der Waals surface area contributed by atoms with Gasteiger partial charge in [-0.25, -0.2) is 10.4 Å². The molecule has 3 heterocycles. The maximum absolute atomic E-state index is 12.3. The van der Waals surface area contributed by atoms with Crippen molar-refractivity contribution in [2.75, 3.05) is 11.1 Å². The lowest BCUT2D eigenvalue weighted by Crippen LogP contribution is -2.35. The fourth-order valence-corrected chi connectivity index (χ4v) is 4.28. The molecular weight excluding hydrogens is 354 g/mol. The number of aromatic nitrogens is 1. The molecule has 10 nitrogen and oxygen atoms in total. The Bertz CT molecular complexity index is 793. The molecule has 3 N–H and O–H groups in total. The molecule has 0 spiro atoms. The van der Waals surface area contributed by atoms with Gasteiger partial charge in [-0.1, -0.05) is 22.5 Å². The third kappa shape index (κ3) is 3.05. The first-order valence-corrected chi connectivity index (χ1v) is 8.73. The Balaban J connectivity index is 1.84. The summed E-state index contributed by atoms with van der Waals surface area (Å²) in [5, 5.41) is 9.06. The number of fused-ring (bicyclic) bond motifs is 1. The van der Waals surface area contributed by atoms with Crippen LogP contribution in [0.15, 0.2) is 20.2 Å². The fourth-order valence-electron chi connectivity index (χ4n) is 2.33. The van der Waals surface area contributed by atoms with Crippen LogP contribution in [0.25, 0.3) is 0 Å². The van der Waals surface area contributed by atoms with Crippen molar-refractivity contribution >= 4 is 35.1 Å². The molecule has 126 valence electrons. The van der Waals surface area contributed by atoms with Gasteiger partial charge in [0.15, 0.2) is 6.04 Å². The summed E-state index contributed by atoms with van der Waals surface area (Å²) in [5.74, 6) is 6.39. The Kier molecular flexibility index (Phi) is 4.93. The number of nitrogens with one attached hydrogen (secondary N) is 3. The smallest absolute Gasteiger partial charge is 0.311 e. The molecule has 1 saturated heterocycles. The van der Waals surface area contributed by atoms with Crippen molar-refractivity contribution in [3.8, 4) is 11.8 Å². The van der Waals surface area contributed by atoms with E-state index in [1.54, 1.807) is 13.1 Å². The SMILES string of the molecule is CC#CC(N=O)[C@H]1O[C@@H](n2c3c(sc2=O)C=NC(NN=N)N3)CS1. The topological polar surface area (TPSA) is 133 Å². The van der Waals surface area contributed by atoms with E-state index in [9.17, 15) is 9.70 Å². The van der Waals surface area contributed by atoms with Crippen LogP contribution < -0.4 is 15.6 Å². The van der Waals surface area contributed by atoms with E-state index in [2.05, 4.69) is 38.0 Å². The zero-order chi connectivity index (χ0) is 17.1. The molecule has 0 aliphatic carbocycles. The van der Waals surface area contributed by atoms with Gasteiger partial charge in [-0.15, -0.1) is 22.6 Å². The summed E-state index contributed by atoms with van der Waals surface area (Å²) >= 11 is 2.43. The predicted octanol–water partition coefficient (Wildman–Crippen LogP) is 1.32. The molecule has 1 aromatic rings. The quantitative estimate of drug-likeness (QED) is 0.311. The van der Waals surface area contributed by atoms with Crippen LogP contribution in [0.1, 0.15) is 18.0 Å². The van der Waals surface area contributed by atoms with Crippen LogP contribution in [0.4, 0.5) is 5.82 Å². The lowest BCUT2D eigenvalue weighted by Gasteiger charge is -2.22. The van der Waals surface area contributed by atoms with Gasteiger partial charge in [0.2, 0.25) is 6.29 Å². The number of nitroso groups, excluding NO2 is 1. The van der Waals surface area contributed by atoms with Crippen LogP contribution in [-0.2, 0) is 4.74 Å². The van der Waals surface area contributed by atoms with Gasteiger partial charge >= 0.3 is 4.87 Å². The molecule has 0 saturated carbocycles. The molecule has 0 aromatic carbocycles. The Hall–Kier alpha value is -2.23. The molecule has 0 bridgehead atoms. The lowest BCUT2D eigenvalue weighted by molar-refractivity contribution is 0.0157. The standard InChI is InChI=1S/C12H13N7O3S2/c1-2-3-6(17-21)10-22-8(5-23-10)19-9-7(24-12(19)20)4-14-11(15-9)16-18-13/h4,6,8,10-11,15H,5H2,1H3,(H2,13,16)/t6?,8-,10+,11?/m1/s1. The van der Waals surface area contributed by atoms with Crippen molar-refractivity contribution in [2.45, 2.75) is 30.9 Å². The summed E-state index contributed by atoms with van der Waals surface area (Å²) in [4.78, 5) is 27.8. The van der Waals surface area contributed by atoms with Gasteiger partial charge in [0.05, 0.1) is 4.88 Å². The fraction of sp³-hybridized carbons (Fsp3) is 0.500. The second-order valence-corrected chi connectivity index (χ2v) is 6.88. The number of nitrogens with zero attached hydrogens (tertiary/aromatic N) is 4. The Morgan fingerprint density at radius 3 is 3.21 bits per heavy atom. The van der Waals surface area contributed by atoms with Gasteiger partial charge in [-0.05, 0) is 12.1 Å². The van der Waals surface area contributed by atoms with Crippen molar-refractivity contribution in [3.63, 3.8) is 0 Å². The second-order valence-electron chi connectivity index (χ2n) is 4.75. The van der Waals surface area contributed by atoms with Crippen LogP contribution in [0.5, 0.6) is 0 Å². The highest BCUT2D eigenvalue weighted by Crippen LogP contribution is 2.37. The lowest BCUT2D eigenvalue weighted by atomic mass is 10.3. The van der Waals surface area contributed by atoms with Crippen LogP contribution in [0.2, 0.25) is 0 Å². The largest absolute Gasteiger partial charge is 0.340 e. The number of rotatable bonds is 5. The molecule has 0 radical (unpaired) electrons. The second kappa shape index (κ2) is 7.12. The first kappa shape index (κ1) is 16.6. The number of ether oxygens (including phenoxy) is 1. The van der Waals surface area contributed by atoms with E-state index in [1.807, 2.05) is 0 Å². The normalized spacial score (nSPS) is 25.8. The summed E-state index contributed by atoms with van der Waals surface area (Å²) in [7, 11) is 0. The molecule has 12 heteroatoms. The van der Waals surface area contributed by atoms with Gasteiger partial charge in [0.25, 0.3) is 0 Å². The van der Waals surface area contributed by atoms with Gasteiger partial charge in [0.1, 0.15) is 17.5 Å². The number of thioether (sulfide) groups is 1. The first-order valence-electron chi connectivity index (χ1n) is 6.86. The highest BCUT2D eigenvalue weighted by molar-refractivity contribution is 8.00. The zero-order valence-electron chi connectivity index (χ0n) is 12.4. The summed E-state index contributed by atoms with van der Waals surface area (Å²) in [6, 6.07) is -0.777. The number of hydrogen-bond donors (Lipinski definition) is 3. The highest BCUT2D eigenvalue weighted by atomic mass is 32.2. The summed E-state index contributed by atoms with van der Waals surface area (Å²) in [6.07, 6.45) is 0.383. The summed E-state index contributed by atoms with van der Waals surface area (Å²) in [6.45, 7) is 1.63. The molecule has 4 atom stereocenters. The van der Waals surface area contributed by atoms with Crippen molar-refractivity contribution in [1.82, 2.24) is 9.99 Å². The van der Waals surface area contributed by atoms with E-state index in [1.165, 1.54) is 16.3 Å². The number of aliphatic imine (C=N–C) groups is 1. The molecule has 1 fully saturated rings. The highest BCUT2D eigenvalue weighted by Gasteiger charge is 2.36. The Morgan fingerprint density at radius 1 is 1.67 bits per heavy atom. The molecule has 24 heavy (non-hydrogen) atoms. The first-order chi connectivity index (χ1) is 11.7. The average Bonchev–Trinajstić information content (AvgIpc) is 3.16. The van der Waals surface area contributed by atoms with E-state index in [0.717, 1.165) is 11.3 Å². The third-order valence-electron chi connectivity index (χ3n) is 3.32. The third-order valence-corrected chi connectivity index (χ3v) is 5.38. The van der Waals surface area contributed by atoms with Crippen LogP contribution in [0.3, 0.4) is 0 Å². The van der Waals surface area contributed by atoms with Crippen molar-refractivity contribution in [1.29, 1.82) is 5.53 Å². The van der Waals surface area contributed by atoms with E-state index >= 15 is 0 Å². The Morgan fingerprint density at radius 2 is 2.50 bits per heavy atom. The number of anilines is 1. The maximum atomic E-state index is 12.3. The molecule has 0 amide bonds. The van der Waals surface area contributed by atoms with E-state index in [0.29, 0.717) is 16.4 Å². The monoisotopic (exact) mass is 367 g/mol. The number of hydrogen-bond acceptors (Lipinski definition) is 10. The van der Waals surface area contributed by atoms with Crippen LogP contribution in [-0.4, -0.2) is 34.3 Å². The molecule has 2 aliphatic rings. The molecule has 3 rings (SSSR count). The molecule has 1 aromatic heterocycles. The van der Waals surface area contributed by atoms with Gasteiger partial charge in [0, 0.05) is 12.0 Å². The maximum Gasteiger partial charge on any atom is 0.311 e. The van der Waals surface area contributed by atoms with Crippen molar-refractivity contribution < 1.29 is 4.74 Å². The number of thiazole rings is 1. The Labute approximate surface area is 144 Å². The van der Waals surface area contributed by atoms with E-state index in [4.69, 9.17) is 10.3 Å². The van der Waals surface area contributed by atoms with Crippen molar-refractivity contribution in [3.05, 3.63) is 19.5 Å².